The van der Waals surface area contributed by atoms with Crippen LogP contribution in [0.4, 0.5) is 5.69 Å². The predicted molar refractivity (Wildman–Crippen MR) is 113 cm³/mol. The summed E-state index contributed by atoms with van der Waals surface area (Å²) in [6.07, 6.45) is 1.02. The Morgan fingerprint density at radius 1 is 1.11 bits per heavy atom. The zero-order chi connectivity index (χ0) is 20.3. The van der Waals surface area contributed by atoms with Crippen LogP contribution in [0.3, 0.4) is 0 Å². The number of nitrogens with one attached hydrogen (secondary N) is 1. The van der Waals surface area contributed by atoms with Gasteiger partial charge in [0.25, 0.3) is 0 Å². The van der Waals surface area contributed by atoms with Crippen molar-refractivity contribution in [3.63, 3.8) is 0 Å². The summed E-state index contributed by atoms with van der Waals surface area (Å²) in [5.41, 5.74) is 3.41. The van der Waals surface area contributed by atoms with Crippen molar-refractivity contribution < 1.29 is 13.2 Å². The normalized spacial score (nSPS) is 16.1. The van der Waals surface area contributed by atoms with Crippen LogP contribution in [-0.2, 0) is 20.6 Å². The summed E-state index contributed by atoms with van der Waals surface area (Å²) in [4.78, 5) is 12.6. The molecule has 0 aliphatic carbocycles. The lowest BCUT2D eigenvalue weighted by Gasteiger charge is -2.30. The average Bonchev–Trinajstić information content (AvgIpc) is 2.67. The first-order chi connectivity index (χ1) is 13.3. The van der Waals surface area contributed by atoms with Gasteiger partial charge in [0.1, 0.15) is 0 Å². The number of aryl methyl sites for hydroxylation is 1. The molecule has 1 amide bonds. The highest BCUT2D eigenvalue weighted by molar-refractivity contribution is 7.88. The SMILES string of the molecule is Cc1ccc(CS(=O)(=O)N2CCC(C(=O)Nc3cccc(Cl)c3C)CC2)cc1. The Bertz CT molecular complexity index is 950. The molecule has 0 spiro atoms. The van der Waals surface area contributed by atoms with Crippen LogP contribution in [0, 0.1) is 19.8 Å². The van der Waals surface area contributed by atoms with E-state index in [0.29, 0.717) is 36.6 Å². The van der Waals surface area contributed by atoms with Gasteiger partial charge in [-0.05, 0) is 49.9 Å². The molecule has 5 nitrogen and oxygen atoms in total. The Kier molecular flexibility index (Phi) is 6.43. The van der Waals surface area contributed by atoms with Gasteiger partial charge < -0.3 is 5.32 Å². The maximum Gasteiger partial charge on any atom is 0.227 e. The van der Waals surface area contributed by atoms with E-state index in [2.05, 4.69) is 5.32 Å². The topological polar surface area (TPSA) is 66.5 Å². The molecule has 0 bridgehead atoms. The number of hydrogen-bond donors (Lipinski definition) is 1. The smallest absolute Gasteiger partial charge is 0.227 e. The number of carbonyl (C=O) groups is 1. The van der Waals surface area contributed by atoms with Gasteiger partial charge in [-0.15, -0.1) is 0 Å². The standard InChI is InChI=1S/C21H25ClN2O3S/c1-15-6-8-17(9-7-15)14-28(26,27)24-12-10-18(11-13-24)21(25)23-20-5-3-4-19(22)16(20)2/h3-9,18H,10-14H2,1-2H3,(H,23,25). The second-order valence-corrected chi connectivity index (χ2v) is 9.69. The molecule has 0 atom stereocenters. The number of rotatable bonds is 5. The molecule has 1 saturated heterocycles. The van der Waals surface area contributed by atoms with Crippen molar-refractivity contribution in [1.82, 2.24) is 4.31 Å². The van der Waals surface area contributed by atoms with Crippen molar-refractivity contribution in [3.05, 3.63) is 64.2 Å². The number of benzene rings is 2. The molecule has 2 aromatic rings. The number of amides is 1. The van der Waals surface area contributed by atoms with Crippen LogP contribution in [0.2, 0.25) is 5.02 Å². The number of hydrogen-bond acceptors (Lipinski definition) is 3. The fourth-order valence-corrected chi connectivity index (χ4v) is 5.10. The number of piperidine rings is 1. The maximum atomic E-state index is 12.7. The number of carbonyl (C=O) groups excluding carboxylic acids is 1. The largest absolute Gasteiger partial charge is 0.326 e. The highest BCUT2D eigenvalue weighted by Gasteiger charge is 2.31. The quantitative estimate of drug-likeness (QED) is 0.790. The van der Waals surface area contributed by atoms with E-state index in [9.17, 15) is 13.2 Å². The summed E-state index contributed by atoms with van der Waals surface area (Å²) < 4.78 is 26.9. The van der Waals surface area contributed by atoms with Gasteiger partial charge >= 0.3 is 0 Å². The van der Waals surface area contributed by atoms with Gasteiger partial charge in [0.05, 0.1) is 5.75 Å². The highest BCUT2D eigenvalue weighted by Crippen LogP contribution is 2.26. The van der Waals surface area contributed by atoms with Gasteiger partial charge in [-0.1, -0.05) is 47.5 Å². The van der Waals surface area contributed by atoms with Crippen molar-refractivity contribution in [1.29, 1.82) is 0 Å². The third-order valence-corrected chi connectivity index (χ3v) is 7.47. The zero-order valence-corrected chi connectivity index (χ0v) is 17.7. The Labute approximate surface area is 171 Å². The maximum absolute atomic E-state index is 12.7. The third kappa shape index (κ3) is 4.93. The average molecular weight is 421 g/mol. The monoisotopic (exact) mass is 420 g/mol. The summed E-state index contributed by atoms with van der Waals surface area (Å²) >= 11 is 6.10. The number of halogens is 1. The molecular formula is C21H25ClN2O3S. The lowest BCUT2D eigenvalue weighted by molar-refractivity contribution is -0.120. The van der Waals surface area contributed by atoms with E-state index in [1.807, 2.05) is 44.2 Å². The first kappa shape index (κ1) is 20.8. The van der Waals surface area contributed by atoms with Crippen LogP contribution in [-0.4, -0.2) is 31.7 Å². The minimum atomic E-state index is -3.39. The molecule has 1 N–H and O–H groups in total. The van der Waals surface area contributed by atoms with Crippen LogP contribution in [0.5, 0.6) is 0 Å². The fourth-order valence-electron chi connectivity index (χ4n) is 3.36. The Morgan fingerprint density at radius 2 is 1.75 bits per heavy atom. The predicted octanol–water partition coefficient (Wildman–Crippen LogP) is 4.14. The van der Waals surface area contributed by atoms with Crippen molar-refractivity contribution >= 4 is 33.2 Å². The second kappa shape index (κ2) is 8.64. The Balaban J connectivity index is 1.58. The molecular weight excluding hydrogens is 396 g/mol. The summed E-state index contributed by atoms with van der Waals surface area (Å²) in [6, 6.07) is 12.9. The summed E-state index contributed by atoms with van der Waals surface area (Å²) in [5, 5.41) is 3.53. The molecule has 1 fully saturated rings. The molecule has 0 aromatic heterocycles. The molecule has 0 radical (unpaired) electrons. The lowest BCUT2D eigenvalue weighted by atomic mass is 9.97. The summed E-state index contributed by atoms with van der Waals surface area (Å²) in [7, 11) is -3.39. The summed E-state index contributed by atoms with van der Waals surface area (Å²) in [5.74, 6) is -0.295. The number of anilines is 1. The lowest BCUT2D eigenvalue weighted by Crippen LogP contribution is -2.41. The van der Waals surface area contributed by atoms with E-state index in [-0.39, 0.29) is 17.6 Å². The van der Waals surface area contributed by atoms with Crippen molar-refractivity contribution in [2.24, 2.45) is 5.92 Å². The van der Waals surface area contributed by atoms with Crippen molar-refractivity contribution in [3.8, 4) is 0 Å². The molecule has 2 aromatic carbocycles. The molecule has 1 aliphatic rings. The van der Waals surface area contributed by atoms with Crippen LogP contribution >= 0.6 is 11.6 Å². The van der Waals surface area contributed by atoms with Gasteiger partial charge in [0.15, 0.2) is 0 Å². The van der Waals surface area contributed by atoms with Gasteiger partial charge in [-0.2, -0.15) is 0 Å². The van der Waals surface area contributed by atoms with E-state index >= 15 is 0 Å². The first-order valence-electron chi connectivity index (χ1n) is 9.35. The minimum Gasteiger partial charge on any atom is -0.326 e. The molecule has 3 rings (SSSR count). The molecule has 0 unspecified atom stereocenters. The van der Waals surface area contributed by atoms with Gasteiger partial charge in [0.2, 0.25) is 15.9 Å². The molecule has 0 saturated carbocycles. The second-order valence-electron chi connectivity index (χ2n) is 7.32. The van der Waals surface area contributed by atoms with Crippen LogP contribution < -0.4 is 5.32 Å². The minimum absolute atomic E-state index is 0.00808. The van der Waals surface area contributed by atoms with E-state index in [0.717, 1.165) is 16.7 Å². The van der Waals surface area contributed by atoms with Crippen molar-refractivity contribution in [2.75, 3.05) is 18.4 Å². The number of sulfonamides is 1. The Hall–Kier alpha value is -1.89. The third-order valence-electron chi connectivity index (χ3n) is 5.21. The first-order valence-corrected chi connectivity index (χ1v) is 11.3. The van der Waals surface area contributed by atoms with E-state index in [1.54, 1.807) is 12.1 Å². The van der Waals surface area contributed by atoms with Gasteiger partial charge in [-0.25, -0.2) is 12.7 Å². The molecule has 1 heterocycles. The highest BCUT2D eigenvalue weighted by atomic mass is 35.5. The van der Waals surface area contributed by atoms with Crippen molar-refractivity contribution in [2.45, 2.75) is 32.4 Å². The molecule has 150 valence electrons. The van der Waals surface area contributed by atoms with E-state index < -0.39 is 10.0 Å². The zero-order valence-electron chi connectivity index (χ0n) is 16.1. The van der Waals surface area contributed by atoms with Gasteiger partial charge in [-0.3, -0.25) is 4.79 Å². The summed E-state index contributed by atoms with van der Waals surface area (Å²) in [6.45, 7) is 4.55. The molecule has 1 aliphatic heterocycles. The number of nitrogens with zero attached hydrogens (tertiary/aromatic N) is 1. The van der Waals surface area contributed by atoms with E-state index in [1.165, 1.54) is 4.31 Å². The van der Waals surface area contributed by atoms with E-state index in [4.69, 9.17) is 11.6 Å². The van der Waals surface area contributed by atoms with Crippen LogP contribution in [0.25, 0.3) is 0 Å². The van der Waals surface area contributed by atoms with Crippen LogP contribution in [0.1, 0.15) is 29.5 Å². The van der Waals surface area contributed by atoms with Crippen LogP contribution in [0.15, 0.2) is 42.5 Å². The fraction of sp³-hybridized carbons (Fsp3) is 0.381. The molecule has 7 heteroatoms. The van der Waals surface area contributed by atoms with Gasteiger partial charge in [0, 0.05) is 29.7 Å². The molecule has 28 heavy (non-hydrogen) atoms. The Morgan fingerprint density at radius 3 is 2.39 bits per heavy atom.